The third kappa shape index (κ3) is 5.56. The standard InChI is InChI=1S/C28H28N4O6/c1-35-23-9-5-8-20(17-23)25-28(27(34)36-2,18-21-7-3-4-10-24(21)31-32-29)30-26(38-25)19-11-13-22(14-12-19)37-16-6-15-33/h3-5,7-14,17,25,33H,6,15-16,18H2,1-2H3/t25-,28-/m1/s1. The average Bonchev–Trinajstić information content (AvgIpc) is 3.34. The fourth-order valence-corrected chi connectivity index (χ4v) is 4.33. The molecule has 0 radical (unpaired) electrons. The summed E-state index contributed by atoms with van der Waals surface area (Å²) in [5.41, 5.74) is 9.86. The minimum absolute atomic E-state index is 0.0484. The Hall–Kier alpha value is -4.53. The Labute approximate surface area is 220 Å². The van der Waals surface area contributed by atoms with Crippen LogP contribution in [0.15, 0.2) is 82.9 Å². The third-order valence-corrected chi connectivity index (χ3v) is 6.18. The van der Waals surface area contributed by atoms with Gasteiger partial charge in [-0.05, 0) is 53.1 Å². The van der Waals surface area contributed by atoms with Gasteiger partial charge in [-0.2, -0.15) is 0 Å². The number of rotatable bonds is 11. The Morgan fingerprint density at radius 3 is 2.61 bits per heavy atom. The number of hydrogen-bond donors (Lipinski definition) is 1. The molecule has 0 aromatic heterocycles. The monoisotopic (exact) mass is 516 g/mol. The van der Waals surface area contributed by atoms with Crippen molar-refractivity contribution in [2.75, 3.05) is 27.4 Å². The van der Waals surface area contributed by atoms with Crippen LogP contribution in [0, 0.1) is 0 Å². The number of nitrogens with zero attached hydrogens (tertiary/aromatic N) is 4. The smallest absolute Gasteiger partial charge is 0.338 e. The van der Waals surface area contributed by atoms with Crippen LogP contribution < -0.4 is 9.47 Å². The van der Waals surface area contributed by atoms with Crippen LogP contribution in [0.3, 0.4) is 0 Å². The van der Waals surface area contributed by atoms with Crippen molar-refractivity contribution in [1.29, 1.82) is 0 Å². The minimum Gasteiger partial charge on any atom is -0.497 e. The Balaban J connectivity index is 1.81. The second-order valence-corrected chi connectivity index (χ2v) is 8.55. The van der Waals surface area contributed by atoms with Crippen molar-refractivity contribution in [2.45, 2.75) is 24.5 Å². The van der Waals surface area contributed by atoms with E-state index < -0.39 is 17.6 Å². The van der Waals surface area contributed by atoms with Crippen LogP contribution in [0.4, 0.5) is 5.69 Å². The lowest BCUT2D eigenvalue weighted by Gasteiger charge is -2.29. The molecule has 3 aromatic carbocycles. The Morgan fingerprint density at radius 1 is 1.11 bits per heavy atom. The lowest BCUT2D eigenvalue weighted by molar-refractivity contribution is -0.149. The van der Waals surface area contributed by atoms with E-state index in [9.17, 15) is 4.79 Å². The molecule has 1 aliphatic heterocycles. The zero-order valence-electron chi connectivity index (χ0n) is 21.1. The fourth-order valence-electron chi connectivity index (χ4n) is 4.33. The van der Waals surface area contributed by atoms with Crippen molar-refractivity contribution in [3.63, 3.8) is 0 Å². The van der Waals surface area contributed by atoms with Gasteiger partial charge in [0.1, 0.15) is 11.5 Å². The first-order valence-electron chi connectivity index (χ1n) is 12.0. The lowest BCUT2D eigenvalue weighted by atomic mass is 9.82. The van der Waals surface area contributed by atoms with Crippen molar-refractivity contribution in [3.05, 3.63) is 99.9 Å². The Bertz CT molecular complexity index is 1350. The molecule has 2 atom stereocenters. The van der Waals surface area contributed by atoms with Crippen LogP contribution in [0.1, 0.15) is 29.2 Å². The molecule has 3 aromatic rings. The summed E-state index contributed by atoms with van der Waals surface area (Å²) < 4.78 is 22.7. The van der Waals surface area contributed by atoms with Gasteiger partial charge in [-0.25, -0.2) is 9.79 Å². The van der Waals surface area contributed by atoms with Crippen molar-refractivity contribution in [2.24, 2.45) is 10.1 Å². The Kier molecular flexibility index (Phi) is 8.47. The first kappa shape index (κ1) is 26.5. The molecule has 0 saturated carbocycles. The molecular weight excluding hydrogens is 488 g/mol. The molecule has 0 unspecified atom stereocenters. The summed E-state index contributed by atoms with van der Waals surface area (Å²) in [6.07, 6.45) is -0.277. The molecular formula is C28H28N4O6. The topological polar surface area (TPSA) is 135 Å². The number of hydrogen-bond acceptors (Lipinski definition) is 8. The van der Waals surface area contributed by atoms with E-state index in [0.29, 0.717) is 46.9 Å². The summed E-state index contributed by atoms with van der Waals surface area (Å²) in [6.45, 7) is 0.439. The summed E-state index contributed by atoms with van der Waals surface area (Å²) in [7, 11) is 2.86. The molecule has 0 fully saturated rings. The molecule has 196 valence electrons. The lowest BCUT2D eigenvalue weighted by Crippen LogP contribution is -2.44. The van der Waals surface area contributed by atoms with Gasteiger partial charge in [0, 0.05) is 35.6 Å². The second kappa shape index (κ2) is 12.1. The highest BCUT2D eigenvalue weighted by Gasteiger charge is 2.54. The molecule has 38 heavy (non-hydrogen) atoms. The van der Waals surface area contributed by atoms with E-state index in [1.807, 2.05) is 12.1 Å². The number of aliphatic imine (C=N–C) groups is 1. The number of methoxy groups -OCH3 is 2. The summed E-state index contributed by atoms with van der Waals surface area (Å²) in [5, 5.41) is 12.8. The van der Waals surface area contributed by atoms with E-state index in [4.69, 9.17) is 34.6 Å². The average molecular weight is 517 g/mol. The number of aliphatic hydroxyl groups is 1. The van der Waals surface area contributed by atoms with Crippen LogP contribution in [0.5, 0.6) is 11.5 Å². The van der Waals surface area contributed by atoms with Crippen LogP contribution in [0.2, 0.25) is 0 Å². The zero-order chi connectivity index (χ0) is 27.0. The quantitative estimate of drug-likeness (QED) is 0.124. The summed E-state index contributed by atoms with van der Waals surface area (Å²) in [4.78, 5) is 21.3. The highest BCUT2D eigenvalue weighted by atomic mass is 16.5. The molecule has 0 aliphatic carbocycles. The maximum absolute atomic E-state index is 13.5. The van der Waals surface area contributed by atoms with Gasteiger partial charge >= 0.3 is 5.97 Å². The maximum atomic E-state index is 13.5. The molecule has 0 bridgehead atoms. The van der Waals surface area contributed by atoms with Gasteiger partial charge in [0.2, 0.25) is 11.4 Å². The van der Waals surface area contributed by atoms with Gasteiger partial charge in [-0.15, -0.1) is 0 Å². The molecule has 0 saturated heterocycles. The van der Waals surface area contributed by atoms with E-state index in [2.05, 4.69) is 10.0 Å². The van der Waals surface area contributed by atoms with E-state index in [-0.39, 0.29) is 18.9 Å². The number of ether oxygens (including phenoxy) is 4. The third-order valence-electron chi connectivity index (χ3n) is 6.18. The predicted octanol–water partition coefficient (Wildman–Crippen LogP) is 5.07. The SMILES string of the molecule is COC(=O)[C@]1(Cc2ccccc2N=[N+]=[N-])N=C(c2ccc(OCCCO)cc2)O[C@@H]1c1cccc(OC)c1. The van der Waals surface area contributed by atoms with Crippen molar-refractivity contribution < 1.29 is 28.8 Å². The number of carbonyl (C=O) groups excluding carboxylic acids is 1. The van der Waals surface area contributed by atoms with Crippen molar-refractivity contribution >= 4 is 17.6 Å². The summed E-state index contributed by atoms with van der Waals surface area (Å²) >= 11 is 0. The van der Waals surface area contributed by atoms with Crippen LogP contribution in [-0.2, 0) is 20.7 Å². The van der Waals surface area contributed by atoms with E-state index in [1.165, 1.54) is 7.11 Å². The number of benzene rings is 3. The van der Waals surface area contributed by atoms with Crippen LogP contribution in [0.25, 0.3) is 10.4 Å². The number of azide groups is 1. The van der Waals surface area contributed by atoms with E-state index in [0.717, 1.165) is 0 Å². The predicted molar refractivity (Wildman–Crippen MR) is 141 cm³/mol. The van der Waals surface area contributed by atoms with Crippen LogP contribution >= 0.6 is 0 Å². The first-order chi connectivity index (χ1) is 18.5. The van der Waals surface area contributed by atoms with Gasteiger partial charge < -0.3 is 24.1 Å². The van der Waals surface area contributed by atoms with E-state index >= 15 is 0 Å². The molecule has 10 nitrogen and oxygen atoms in total. The highest BCUT2D eigenvalue weighted by molar-refractivity contribution is 6.00. The number of aliphatic hydroxyl groups excluding tert-OH is 1. The number of carbonyl (C=O) groups is 1. The fraction of sp³-hybridized carbons (Fsp3) is 0.286. The normalized spacial score (nSPS) is 18.1. The van der Waals surface area contributed by atoms with Crippen LogP contribution in [-0.4, -0.2) is 49.9 Å². The summed E-state index contributed by atoms with van der Waals surface area (Å²) in [5.74, 6) is 0.885. The summed E-state index contributed by atoms with van der Waals surface area (Å²) in [6, 6.07) is 21.4. The van der Waals surface area contributed by atoms with E-state index in [1.54, 1.807) is 67.8 Å². The molecule has 10 heteroatoms. The molecule has 1 aliphatic rings. The van der Waals surface area contributed by atoms with Gasteiger partial charge in [0.05, 0.1) is 20.8 Å². The Morgan fingerprint density at radius 2 is 1.89 bits per heavy atom. The molecule has 1 heterocycles. The number of esters is 1. The molecule has 1 N–H and O–H groups in total. The van der Waals surface area contributed by atoms with Gasteiger partial charge in [0.25, 0.3) is 0 Å². The highest BCUT2D eigenvalue weighted by Crippen LogP contribution is 2.44. The minimum atomic E-state index is -1.52. The largest absolute Gasteiger partial charge is 0.497 e. The van der Waals surface area contributed by atoms with Gasteiger partial charge in [-0.3, -0.25) is 0 Å². The van der Waals surface area contributed by atoms with Gasteiger partial charge in [-0.1, -0.05) is 41.5 Å². The maximum Gasteiger partial charge on any atom is 0.338 e. The first-order valence-corrected chi connectivity index (χ1v) is 12.0. The van der Waals surface area contributed by atoms with Gasteiger partial charge in [0.15, 0.2) is 6.10 Å². The molecule has 4 rings (SSSR count). The van der Waals surface area contributed by atoms with Crippen molar-refractivity contribution in [3.8, 4) is 11.5 Å². The second-order valence-electron chi connectivity index (χ2n) is 8.55. The molecule has 0 amide bonds. The van der Waals surface area contributed by atoms with Crippen molar-refractivity contribution in [1.82, 2.24) is 0 Å². The zero-order valence-corrected chi connectivity index (χ0v) is 21.1. The molecule has 0 spiro atoms.